The highest BCUT2D eigenvalue weighted by atomic mass is 19.4. The van der Waals surface area contributed by atoms with E-state index in [0.29, 0.717) is 13.1 Å². The number of hydrogen-bond donors (Lipinski definition) is 1. The number of amides is 2. The van der Waals surface area contributed by atoms with Crippen LogP contribution in [0.25, 0.3) is 0 Å². The fourth-order valence-corrected chi connectivity index (χ4v) is 1.79. The van der Waals surface area contributed by atoms with Crippen LogP contribution in [0.15, 0.2) is 24.3 Å². The quantitative estimate of drug-likeness (QED) is 0.888. The molecule has 1 aromatic carbocycles. The van der Waals surface area contributed by atoms with Crippen molar-refractivity contribution in [2.24, 2.45) is 0 Å². The van der Waals surface area contributed by atoms with Crippen LogP contribution < -0.4 is 10.1 Å². The van der Waals surface area contributed by atoms with E-state index in [2.05, 4.69) is 10.1 Å². The monoisotopic (exact) mass is 288 g/mol. The van der Waals surface area contributed by atoms with E-state index in [9.17, 15) is 22.8 Å². The number of ether oxygens (including phenoxy) is 1. The van der Waals surface area contributed by atoms with E-state index in [0.717, 1.165) is 12.1 Å². The van der Waals surface area contributed by atoms with Crippen molar-refractivity contribution in [2.75, 3.05) is 19.6 Å². The summed E-state index contributed by atoms with van der Waals surface area (Å²) in [5.41, 5.74) is 0.203. The molecule has 0 aromatic heterocycles. The van der Waals surface area contributed by atoms with Gasteiger partial charge in [-0.05, 0) is 24.3 Å². The predicted octanol–water partition coefficient (Wildman–Crippen LogP) is 1.16. The molecule has 0 spiro atoms. The molecule has 1 fully saturated rings. The molecule has 0 bridgehead atoms. The van der Waals surface area contributed by atoms with E-state index in [1.54, 1.807) is 0 Å². The van der Waals surface area contributed by atoms with E-state index in [4.69, 9.17) is 0 Å². The molecular formula is C12H11F3N2O3. The maximum Gasteiger partial charge on any atom is 0.573 e. The summed E-state index contributed by atoms with van der Waals surface area (Å²) in [6, 6.07) is 4.58. The third-order valence-electron chi connectivity index (χ3n) is 2.66. The summed E-state index contributed by atoms with van der Waals surface area (Å²) in [4.78, 5) is 24.5. The Bertz CT molecular complexity index is 514. The highest BCUT2D eigenvalue weighted by molar-refractivity contribution is 5.97. The predicted molar refractivity (Wildman–Crippen MR) is 62.0 cm³/mol. The molecule has 0 saturated carbocycles. The molecule has 1 aromatic rings. The highest BCUT2D eigenvalue weighted by Gasteiger charge is 2.31. The van der Waals surface area contributed by atoms with Crippen molar-refractivity contribution >= 4 is 11.8 Å². The maximum absolute atomic E-state index is 12.0. The van der Waals surface area contributed by atoms with Gasteiger partial charge in [0.2, 0.25) is 5.91 Å². The van der Waals surface area contributed by atoms with Crippen LogP contribution in [0.5, 0.6) is 5.75 Å². The fourth-order valence-electron chi connectivity index (χ4n) is 1.79. The van der Waals surface area contributed by atoms with Crippen molar-refractivity contribution in [1.82, 2.24) is 10.2 Å². The Morgan fingerprint density at radius 2 is 1.90 bits per heavy atom. The summed E-state index contributed by atoms with van der Waals surface area (Å²) in [7, 11) is 0. The molecule has 0 unspecified atom stereocenters. The smallest absolute Gasteiger partial charge is 0.406 e. The number of nitrogens with zero attached hydrogens (tertiary/aromatic N) is 1. The average molecular weight is 288 g/mol. The minimum atomic E-state index is -4.77. The second-order valence-electron chi connectivity index (χ2n) is 4.15. The molecular weight excluding hydrogens is 277 g/mol. The molecule has 1 N–H and O–H groups in total. The Labute approximate surface area is 112 Å². The second kappa shape index (κ2) is 5.40. The molecule has 2 amide bonds. The van der Waals surface area contributed by atoms with Gasteiger partial charge in [-0.2, -0.15) is 0 Å². The number of rotatable bonds is 2. The van der Waals surface area contributed by atoms with Gasteiger partial charge in [-0.1, -0.05) is 0 Å². The molecule has 1 aliphatic rings. The Hall–Kier alpha value is -2.25. The van der Waals surface area contributed by atoms with Gasteiger partial charge < -0.3 is 15.0 Å². The van der Waals surface area contributed by atoms with Crippen LogP contribution in [-0.4, -0.2) is 42.7 Å². The minimum absolute atomic E-state index is 0.0559. The van der Waals surface area contributed by atoms with Crippen LogP contribution in [0.1, 0.15) is 10.4 Å². The normalized spacial score (nSPS) is 15.8. The summed E-state index contributed by atoms with van der Waals surface area (Å²) in [5.74, 6) is -1.06. The van der Waals surface area contributed by atoms with Crippen LogP contribution in [0.3, 0.4) is 0 Å². The molecule has 20 heavy (non-hydrogen) atoms. The summed E-state index contributed by atoms with van der Waals surface area (Å²) in [6.07, 6.45) is -4.77. The number of benzene rings is 1. The molecule has 0 radical (unpaired) electrons. The first-order chi connectivity index (χ1) is 9.35. The molecule has 2 rings (SSSR count). The SMILES string of the molecule is O=C1CN(C(=O)c2ccc(OC(F)(F)F)cc2)CCN1. The molecule has 1 heterocycles. The van der Waals surface area contributed by atoms with Crippen LogP contribution in [-0.2, 0) is 4.79 Å². The summed E-state index contributed by atoms with van der Waals surface area (Å²) < 4.78 is 39.7. The van der Waals surface area contributed by atoms with Gasteiger partial charge in [0.15, 0.2) is 0 Å². The molecule has 0 aliphatic carbocycles. The Morgan fingerprint density at radius 3 is 2.45 bits per heavy atom. The minimum Gasteiger partial charge on any atom is -0.406 e. The molecule has 108 valence electrons. The van der Waals surface area contributed by atoms with Crippen molar-refractivity contribution in [3.8, 4) is 5.75 Å². The van der Waals surface area contributed by atoms with Crippen LogP contribution in [0, 0.1) is 0 Å². The van der Waals surface area contributed by atoms with Crippen molar-refractivity contribution in [1.29, 1.82) is 0 Å². The van der Waals surface area contributed by atoms with Gasteiger partial charge in [0, 0.05) is 18.7 Å². The Morgan fingerprint density at radius 1 is 1.25 bits per heavy atom. The first kappa shape index (κ1) is 14.2. The van der Waals surface area contributed by atoms with Crippen LogP contribution in [0.4, 0.5) is 13.2 Å². The van der Waals surface area contributed by atoms with Crippen LogP contribution >= 0.6 is 0 Å². The number of hydrogen-bond acceptors (Lipinski definition) is 3. The van der Waals surface area contributed by atoms with E-state index in [1.165, 1.54) is 17.0 Å². The Balaban J connectivity index is 2.05. The van der Waals surface area contributed by atoms with Gasteiger partial charge in [-0.3, -0.25) is 9.59 Å². The zero-order valence-corrected chi connectivity index (χ0v) is 10.2. The lowest BCUT2D eigenvalue weighted by Gasteiger charge is -2.26. The standard InChI is InChI=1S/C12H11F3N2O3/c13-12(14,15)20-9-3-1-8(2-4-9)11(19)17-6-5-16-10(18)7-17/h1-4H,5-7H2,(H,16,18). The maximum atomic E-state index is 12.0. The van der Waals surface area contributed by atoms with Gasteiger partial charge in [-0.25, -0.2) is 0 Å². The topological polar surface area (TPSA) is 58.6 Å². The lowest BCUT2D eigenvalue weighted by Crippen LogP contribution is -2.49. The number of carbonyl (C=O) groups is 2. The van der Waals surface area contributed by atoms with Crippen molar-refractivity contribution < 1.29 is 27.5 Å². The van der Waals surface area contributed by atoms with Crippen LogP contribution in [0.2, 0.25) is 0 Å². The summed E-state index contributed by atoms with van der Waals surface area (Å²) >= 11 is 0. The number of carbonyl (C=O) groups excluding carboxylic acids is 2. The van der Waals surface area contributed by atoms with E-state index >= 15 is 0 Å². The van der Waals surface area contributed by atoms with Crippen molar-refractivity contribution in [3.63, 3.8) is 0 Å². The molecule has 0 atom stereocenters. The van der Waals surface area contributed by atoms with E-state index in [1.807, 2.05) is 0 Å². The van der Waals surface area contributed by atoms with Gasteiger partial charge in [0.25, 0.3) is 5.91 Å². The van der Waals surface area contributed by atoms with E-state index in [-0.39, 0.29) is 18.0 Å². The average Bonchev–Trinajstić information content (AvgIpc) is 2.37. The largest absolute Gasteiger partial charge is 0.573 e. The number of nitrogens with one attached hydrogen (secondary N) is 1. The second-order valence-corrected chi connectivity index (χ2v) is 4.15. The van der Waals surface area contributed by atoms with Crippen molar-refractivity contribution in [3.05, 3.63) is 29.8 Å². The molecule has 5 nitrogen and oxygen atoms in total. The van der Waals surface area contributed by atoms with Gasteiger partial charge >= 0.3 is 6.36 Å². The lowest BCUT2D eigenvalue weighted by atomic mass is 10.2. The zero-order chi connectivity index (χ0) is 14.8. The number of piperazine rings is 1. The Kier molecular flexibility index (Phi) is 3.82. The van der Waals surface area contributed by atoms with E-state index < -0.39 is 18.0 Å². The number of alkyl halides is 3. The third-order valence-corrected chi connectivity index (χ3v) is 2.66. The fraction of sp³-hybridized carbons (Fsp3) is 0.333. The van der Waals surface area contributed by atoms with Gasteiger partial charge in [-0.15, -0.1) is 13.2 Å². The third kappa shape index (κ3) is 3.62. The first-order valence-electron chi connectivity index (χ1n) is 5.77. The van der Waals surface area contributed by atoms with Gasteiger partial charge in [0.05, 0.1) is 6.54 Å². The van der Waals surface area contributed by atoms with Gasteiger partial charge in [0.1, 0.15) is 5.75 Å². The summed E-state index contributed by atoms with van der Waals surface area (Å²) in [5, 5.41) is 2.58. The molecule has 8 heteroatoms. The number of halogens is 3. The molecule has 1 saturated heterocycles. The zero-order valence-electron chi connectivity index (χ0n) is 10.2. The lowest BCUT2D eigenvalue weighted by molar-refractivity contribution is -0.274. The highest BCUT2D eigenvalue weighted by Crippen LogP contribution is 2.23. The first-order valence-corrected chi connectivity index (χ1v) is 5.77. The summed E-state index contributed by atoms with van der Waals surface area (Å²) in [6.45, 7) is 0.671. The van der Waals surface area contributed by atoms with Crippen molar-refractivity contribution in [2.45, 2.75) is 6.36 Å². The molecule has 1 aliphatic heterocycles.